The number of morpholine rings is 1. The lowest BCUT2D eigenvalue weighted by molar-refractivity contribution is -0.148. The zero-order chi connectivity index (χ0) is 14.0. The minimum atomic E-state index is -0.0838. The first-order chi connectivity index (χ1) is 9.69. The highest BCUT2D eigenvalue weighted by Crippen LogP contribution is 2.37. The molecular formula is C14H22N2O4. The Morgan fingerprint density at radius 3 is 2.85 bits per heavy atom. The van der Waals surface area contributed by atoms with E-state index >= 15 is 0 Å². The molecule has 112 valence electrons. The maximum atomic E-state index is 12.3. The molecule has 3 aliphatic heterocycles. The van der Waals surface area contributed by atoms with Gasteiger partial charge in [0.2, 0.25) is 11.8 Å². The number of amides is 2. The Bertz CT molecular complexity index is 393. The van der Waals surface area contributed by atoms with Crippen LogP contribution in [0, 0.1) is 5.41 Å². The second kappa shape index (κ2) is 5.69. The maximum absolute atomic E-state index is 12.3. The first-order valence-corrected chi connectivity index (χ1v) is 7.40. The fourth-order valence-corrected chi connectivity index (χ4v) is 3.36. The van der Waals surface area contributed by atoms with E-state index in [9.17, 15) is 9.59 Å². The fraction of sp³-hybridized carbons (Fsp3) is 0.857. The van der Waals surface area contributed by atoms with Crippen LogP contribution >= 0.6 is 0 Å². The Balaban J connectivity index is 1.54. The predicted molar refractivity (Wildman–Crippen MR) is 71.1 cm³/mol. The second-order valence-corrected chi connectivity index (χ2v) is 6.09. The molecule has 1 spiro atoms. The van der Waals surface area contributed by atoms with E-state index in [1.807, 2.05) is 4.90 Å². The van der Waals surface area contributed by atoms with Gasteiger partial charge >= 0.3 is 0 Å². The van der Waals surface area contributed by atoms with E-state index in [-0.39, 0.29) is 30.4 Å². The minimum absolute atomic E-state index is 0.0581. The quantitative estimate of drug-likeness (QED) is 0.708. The molecule has 0 bridgehead atoms. The van der Waals surface area contributed by atoms with Crippen LogP contribution < -0.4 is 0 Å². The number of hydrogen-bond donors (Lipinski definition) is 0. The van der Waals surface area contributed by atoms with Crippen molar-refractivity contribution in [2.24, 2.45) is 5.41 Å². The number of carbonyl (C=O) groups is 2. The van der Waals surface area contributed by atoms with Gasteiger partial charge in [0.1, 0.15) is 6.61 Å². The molecule has 3 heterocycles. The van der Waals surface area contributed by atoms with Gasteiger partial charge in [0.05, 0.1) is 19.8 Å². The van der Waals surface area contributed by atoms with E-state index in [2.05, 4.69) is 0 Å². The normalized spacial score (nSPS) is 31.1. The Hall–Kier alpha value is -1.14. The molecule has 1 atom stereocenters. The maximum Gasteiger partial charge on any atom is 0.249 e. The van der Waals surface area contributed by atoms with E-state index in [4.69, 9.17) is 9.47 Å². The average Bonchev–Trinajstić information content (AvgIpc) is 2.86. The summed E-state index contributed by atoms with van der Waals surface area (Å²) in [6.07, 6.45) is 3.26. The number of hydrogen-bond acceptors (Lipinski definition) is 4. The van der Waals surface area contributed by atoms with Crippen molar-refractivity contribution in [1.82, 2.24) is 9.80 Å². The van der Waals surface area contributed by atoms with Crippen LogP contribution in [-0.2, 0) is 19.1 Å². The van der Waals surface area contributed by atoms with Crippen LogP contribution in [0.15, 0.2) is 0 Å². The molecule has 6 nitrogen and oxygen atoms in total. The SMILES string of the molecule is O=C1COCCN1CC(=O)N1CCC2(CCCOC2)C1. The molecule has 20 heavy (non-hydrogen) atoms. The van der Waals surface area contributed by atoms with Crippen LogP contribution in [0.1, 0.15) is 19.3 Å². The Labute approximate surface area is 119 Å². The molecule has 0 aromatic rings. The van der Waals surface area contributed by atoms with E-state index in [1.54, 1.807) is 4.90 Å². The Kier molecular flexibility index (Phi) is 3.94. The summed E-state index contributed by atoms with van der Waals surface area (Å²) >= 11 is 0. The van der Waals surface area contributed by atoms with Crippen molar-refractivity contribution < 1.29 is 19.1 Å². The van der Waals surface area contributed by atoms with Crippen molar-refractivity contribution in [3.63, 3.8) is 0 Å². The average molecular weight is 282 g/mol. The molecule has 0 aromatic carbocycles. The predicted octanol–water partition coefficient (Wildman–Crippen LogP) is -0.126. The first kappa shape index (κ1) is 13.8. The molecule has 6 heteroatoms. The van der Waals surface area contributed by atoms with Crippen molar-refractivity contribution in [3.8, 4) is 0 Å². The third-order valence-electron chi connectivity index (χ3n) is 4.60. The van der Waals surface area contributed by atoms with Gasteiger partial charge in [0.25, 0.3) is 0 Å². The van der Waals surface area contributed by atoms with Gasteiger partial charge in [-0.2, -0.15) is 0 Å². The van der Waals surface area contributed by atoms with Gasteiger partial charge < -0.3 is 19.3 Å². The smallest absolute Gasteiger partial charge is 0.249 e. The minimum Gasteiger partial charge on any atom is -0.381 e. The molecule has 3 saturated heterocycles. The fourth-order valence-electron chi connectivity index (χ4n) is 3.36. The van der Waals surface area contributed by atoms with E-state index in [0.29, 0.717) is 13.2 Å². The molecule has 3 fully saturated rings. The van der Waals surface area contributed by atoms with Gasteiger partial charge in [-0.15, -0.1) is 0 Å². The Morgan fingerprint density at radius 1 is 1.20 bits per heavy atom. The highest BCUT2D eigenvalue weighted by atomic mass is 16.5. The van der Waals surface area contributed by atoms with E-state index in [0.717, 1.165) is 45.6 Å². The summed E-state index contributed by atoms with van der Waals surface area (Å²) in [5.41, 5.74) is 0.170. The molecule has 2 amide bonds. The molecule has 0 radical (unpaired) electrons. The lowest BCUT2D eigenvalue weighted by atomic mass is 9.82. The summed E-state index contributed by atoms with van der Waals surface area (Å²) in [5.74, 6) is -0.0257. The van der Waals surface area contributed by atoms with Gasteiger partial charge in [-0.05, 0) is 19.3 Å². The summed E-state index contributed by atoms with van der Waals surface area (Å²) in [6.45, 7) is 4.53. The molecule has 3 aliphatic rings. The van der Waals surface area contributed by atoms with Crippen LogP contribution in [-0.4, -0.2) is 74.2 Å². The summed E-state index contributed by atoms with van der Waals surface area (Å²) in [6, 6.07) is 0. The van der Waals surface area contributed by atoms with Gasteiger partial charge in [-0.25, -0.2) is 0 Å². The number of nitrogens with zero attached hydrogens (tertiary/aromatic N) is 2. The third kappa shape index (κ3) is 2.81. The molecule has 1 unspecified atom stereocenters. The first-order valence-electron chi connectivity index (χ1n) is 7.40. The van der Waals surface area contributed by atoms with Crippen LogP contribution in [0.2, 0.25) is 0 Å². The van der Waals surface area contributed by atoms with Gasteiger partial charge in [-0.1, -0.05) is 0 Å². The van der Waals surface area contributed by atoms with Crippen LogP contribution in [0.4, 0.5) is 0 Å². The third-order valence-corrected chi connectivity index (χ3v) is 4.60. The number of likely N-dealkylation sites (tertiary alicyclic amines) is 1. The molecule has 0 saturated carbocycles. The number of ether oxygens (including phenoxy) is 2. The highest BCUT2D eigenvalue weighted by Gasteiger charge is 2.41. The second-order valence-electron chi connectivity index (χ2n) is 6.09. The highest BCUT2D eigenvalue weighted by molar-refractivity contribution is 5.85. The molecular weight excluding hydrogens is 260 g/mol. The molecule has 0 aliphatic carbocycles. The summed E-state index contributed by atoms with van der Waals surface area (Å²) in [7, 11) is 0. The van der Waals surface area contributed by atoms with Gasteiger partial charge in [0, 0.05) is 31.7 Å². The van der Waals surface area contributed by atoms with Crippen molar-refractivity contribution in [2.75, 3.05) is 52.6 Å². The zero-order valence-electron chi connectivity index (χ0n) is 11.8. The monoisotopic (exact) mass is 282 g/mol. The lowest BCUT2D eigenvalue weighted by Gasteiger charge is -2.33. The van der Waals surface area contributed by atoms with Crippen molar-refractivity contribution in [1.29, 1.82) is 0 Å². The summed E-state index contributed by atoms with van der Waals surface area (Å²) < 4.78 is 10.7. The van der Waals surface area contributed by atoms with E-state index < -0.39 is 0 Å². The summed E-state index contributed by atoms with van der Waals surface area (Å²) in [5, 5.41) is 0. The van der Waals surface area contributed by atoms with Crippen molar-refractivity contribution >= 4 is 11.8 Å². The topological polar surface area (TPSA) is 59.1 Å². The van der Waals surface area contributed by atoms with Crippen molar-refractivity contribution in [3.05, 3.63) is 0 Å². The largest absolute Gasteiger partial charge is 0.381 e. The zero-order valence-corrected chi connectivity index (χ0v) is 11.8. The van der Waals surface area contributed by atoms with E-state index in [1.165, 1.54) is 0 Å². The molecule has 0 aromatic heterocycles. The van der Waals surface area contributed by atoms with Crippen molar-refractivity contribution in [2.45, 2.75) is 19.3 Å². The van der Waals surface area contributed by atoms with Crippen LogP contribution in [0.25, 0.3) is 0 Å². The number of carbonyl (C=O) groups excluding carboxylic acids is 2. The lowest BCUT2D eigenvalue weighted by Crippen LogP contribution is -2.48. The van der Waals surface area contributed by atoms with Gasteiger partial charge in [0.15, 0.2) is 0 Å². The number of rotatable bonds is 2. The standard InChI is InChI=1S/C14H22N2O4/c17-12(8-15-5-7-19-9-13(15)18)16-4-3-14(10-16)2-1-6-20-11-14/h1-11H2. The van der Waals surface area contributed by atoms with Gasteiger partial charge in [-0.3, -0.25) is 9.59 Å². The summed E-state index contributed by atoms with van der Waals surface area (Å²) in [4.78, 5) is 27.5. The van der Waals surface area contributed by atoms with Crippen LogP contribution in [0.5, 0.6) is 0 Å². The molecule has 0 N–H and O–H groups in total. The molecule has 3 rings (SSSR count). The van der Waals surface area contributed by atoms with Crippen LogP contribution in [0.3, 0.4) is 0 Å². The Morgan fingerprint density at radius 2 is 2.10 bits per heavy atom.